The minimum Gasteiger partial charge on any atom is -0.388 e. The molecule has 4 N–H and O–H groups in total. The van der Waals surface area contributed by atoms with Crippen LogP contribution in [0, 0.1) is 16.2 Å². The van der Waals surface area contributed by atoms with E-state index in [1.807, 2.05) is 41.5 Å². The van der Waals surface area contributed by atoms with Crippen LogP contribution in [0.5, 0.6) is 0 Å². The Labute approximate surface area is 200 Å². The van der Waals surface area contributed by atoms with E-state index >= 15 is 0 Å². The molecule has 0 spiro atoms. The normalized spacial score (nSPS) is 26.1. The van der Waals surface area contributed by atoms with E-state index in [4.69, 9.17) is 0 Å². The molecule has 6 heteroatoms. The summed E-state index contributed by atoms with van der Waals surface area (Å²) < 4.78 is 0. The fourth-order valence-corrected chi connectivity index (χ4v) is 6.44. The number of aliphatic hydroxyl groups is 2. The third kappa shape index (κ3) is 5.58. The highest BCUT2D eigenvalue weighted by molar-refractivity contribution is 6.08. The molecule has 3 rings (SSSR count). The van der Waals surface area contributed by atoms with Crippen LogP contribution in [-0.4, -0.2) is 45.3 Å². The first-order valence-corrected chi connectivity index (χ1v) is 13.2. The van der Waals surface area contributed by atoms with Gasteiger partial charge >= 0.3 is 0 Å². The Kier molecular flexibility index (Phi) is 7.33. The Morgan fingerprint density at radius 2 is 0.909 bits per heavy atom. The molecular formula is C27H48N2O4. The summed E-state index contributed by atoms with van der Waals surface area (Å²) in [6, 6.07) is -0.826. The average Bonchev–Trinajstić information content (AvgIpc) is 3.51. The van der Waals surface area contributed by atoms with Gasteiger partial charge in [-0.1, -0.05) is 80.1 Å². The zero-order chi connectivity index (χ0) is 24.7. The minimum absolute atomic E-state index is 0.276. The van der Waals surface area contributed by atoms with Crippen LogP contribution in [0.15, 0.2) is 0 Å². The van der Waals surface area contributed by atoms with E-state index in [1.54, 1.807) is 0 Å². The number of carbonyl (C=O) groups is 2. The molecule has 3 aliphatic rings. The fourth-order valence-electron chi connectivity index (χ4n) is 6.44. The van der Waals surface area contributed by atoms with Crippen LogP contribution in [0.3, 0.4) is 0 Å². The average molecular weight is 465 g/mol. The molecule has 0 radical (unpaired) electrons. The molecule has 3 aliphatic carbocycles. The van der Waals surface area contributed by atoms with Crippen LogP contribution in [0.2, 0.25) is 0 Å². The summed E-state index contributed by atoms with van der Waals surface area (Å²) in [5.74, 6) is -0.551. The van der Waals surface area contributed by atoms with Gasteiger partial charge in [-0.15, -0.1) is 0 Å². The SMILES string of the molecule is CC(C)(C)[C@@H](NC(=O)C1(C(=O)N[C@H](C(C)(C)C)C2(O)CCCCC2)CC1)C1(O)CCCCC1. The van der Waals surface area contributed by atoms with Gasteiger partial charge in [0.25, 0.3) is 0 Å². The zero-order valence-corrected chi connectivity index (χ0v) is 21.9. The van der Waals surface area contributed by atoms with Crippen LogP contribution in [0.25, 0.3) is 0 Å². The summed E-state index contributed by atoms with van der Waals surface area (Å²) in [6.07, 6.45) is 9.75. The number of rotatable bonds is 6. The number of carbonyl (C=O) groups excluding carboxylic acids is 2. The van der Waals surface area contributed by atoms with Gasteiger partial charge in [-0.2, -0.15) is 0 Å². The van der Waals surface area contributed by atoms with E-state index in [0.717, 1.165) is 38.5 Å². The summed E-state index contributed by atoms with van der Waals surface area (Å²) in [4.78, 5) is 27.1. The molecule has 0 aromatic heterocycles. The number of amides is 2. The Bertz CT molecular complexity index is 659. The maximum Gasteiger partial charge on any atom is 0.236 e. The highest BCUT2D eigenvalue weighted by Crippen LogP contribution is 2.48. The number of hydrogen-bond acceptors (Lipinski definition) is 4. The molecule has 3 fully saturated rings. The molecule has 33 heavy (non-hydrogen) atoms. The van der Waals surface area contributed by atoms with Crippen molar-refractivity contribution in [2.24, 2.45) is 16.2 Å². The maximum atomic E-state index is 13.6. The van der Waals surface area contributed by atoms with Crippen molar-refractivity contribution < 1.29 is 19.8 Å². The number of nitrogens with one attached hydrogen (secondary N) is 2. The molecule has 2 amide bonds. The molecule has 6 nitrogen and oxygen atoms in total. The summed E-state index contributed by atoms with van der Waals surface area (Å²) >= 11 is 0. The fraction of sp³-hybridized carbons (Fsp3) is 0.926. The van der Waals surface area contributed by atoms with Crippen molar-refractivity contribution in [1.82, 2.24) is 10.6 Å². The molecule has 0 aliphatic heterocycles. The van der Waals surface area contributed by atoms with Crippen molar-refractivity contribution in [3.63, 3.8) is 0 Å². The van der Waals surface area contributed by atoms with Crippen LogP contribution < -0.4 is 10.6 Å². The predicted molar refractivity (Wildman–Crippen MR) is 131 cm³/mol. The lowest BCUT2D eigenvalue weighted by molar-refractivity contribution is -0.145. The van der Waals surface area contributed by atoms with E-state index in [0.29, 0.717) is 38.5 Å². The van der Waals surface area contributed by atoms with Crippen molar-refractivity contribution in [1.29, 1.82) is 0 Å². The third-order valence-corrected chi connectivity index (χ3v) is 8.42. The first-order valence-electron chi connectivity index (χ1n) is 13.2. The monoisotopic (exact) mass is 464 g/mol. The van der Waals surface area contributed by atoms with Gasteiger partial charge in [-0.05, 0) is 49.4 Å². The van der Waals surface area contributed by atoms with Gasteiger partial charge in [0.05, 0.1) is 23.3 Å². The topological polar surface area (TPSA) is 98.7 Å². The molecular weight excluding hydrogens is 416 g/mol. The predicted octanol–water partition coefficient (Wildman–Crippen LogP) is 4.22. The lowest BCUT2D eigenvalue weighted by Gasteiger charge is -2.47. The Morgan fingerprint density at radius 3 is 1.15 bits per heavy atom. The second-order valence-electron chi connectivity index (χ2n) is 13.5. The minimum atomic E-state index is -1.09. The van der Waals surface area contributed by atoms with Gasteiger partial charge in [-0.3, -0.25) is 9.59 Å². The van der Waals surface area contributed by atoms with E-state index < -0.39 is 28.7 Å². The maximum absolute atomic E-state index is 13.6. The summed E-state index contributed by atoms with van der Waals surface area (Å²) in [5, 5.41) is 29.2. The molecule has 0 heterocycles. The van der Waals surface area contributed by atoms with Crippen LogP contribution in [0.4, 0.5) is 0 Å². The molecule has 0 aromatic rings. The highest BCUT2D eigenvalue weighted by Gasteiger charge is 2.60. The lowest BCUT2D eigenvalue weighted by Crippen LogP contribution is -2.64. The van der Waals surface area contributed by atoms with Crippen molar-refractivity contribution in [3.05, 3.63) is 0 Å². The van der Waals surface area contributed by atoms with Gasteiger partial charge in [0.1, 0.15) is 5.41 Å². The van der Waals surface area contributed by atoms with E-state index in [1.165, 1.54) is 0 Å². The summed E-state index contributed by atoms with van der Waals surface area (Å²) in [7, 11) is 0. The molecule has 2 atom stereocenters. The smallest absolute Gasteiger partial charge is 0.236 e. The van der Waals surface area contributed by atoms with Gasteiger partial charge < -0.3 is 20.8 Å². The molecule has 0 aromatic carbocycles. The van der Waals surface area contributed by atoms with Crippen LogP contribution in [-0.2, 0) is 9.59 Å². The van der Waals surface area contributed by atoms with Gasteiger partial charge in [0, 0.05) is 0 Å². The van der Waals surface area contributed by atoms with Gasteiger partial charge in [-0.25, -0.2) is 0 Å². The van der Waals surface area contributed by atoms with Crippen molar-refractivity contribution in [3.8, 4) is 0 Å². The van der Waals surface area contributed by atoms with Crippen LogP contribution in [0.1, 0.15) is 119 Å². The van der Waals surface area contributed by atoms with Gasteiger partial charge in [0.15, 0.2) is 0 Å². The Balaban J connectivity index is 1.78. The Morgan fingerprint density at radius 1 is 0.606 bits per heavy atom. The highest BCUT2D eigenvalue weighted by atomic mass is 16.3. The Hall–Kier alpha value is -1.14. The van der Waals surface area contributed by atoms with Crippen molar-refractivity contribution in [2.45, 2.75) is 142 Å². The molecule has 0 bridgehead atoms. The molecule has 190 valence electrons. The molecule has 0 unspecified atom stereocenters. The van der Waals surface area contributed by atoms with Crippen molar-refractivity contribution >= 4 is 11.8 Å². The second kappa shape index (κ2) is 9.14. The largest absolute Gasteiger partial charge is 0.388 e. The quantitative estimate of drug-likeness (QED) is 0.442. The lowest BCUT2D eigenvalue weighted by atomic mass is 9.69. The summed E-state index contributed by atoms with van der Waals surface area (Å²) in [5.41, 5.74) is -3.64. The van der Waals surface area contributed by atoms with Gasteiger partial charge in [0.2, 0.25) is 11.8 Å². The standard InChI is InChI=1S/C27H48N2O4/c1-23(2,3)19(26(32)13-9-7-10-14-26)28-21(30)25(17-18-25)22(31)29-20(24(4,5)6)27(33)15-11-8-12-16-27/h19-20,32-33H,7-18H2,1-6H3,(H,28,30)(H,29,31)/t19-,20-/m1/s1. The van der Waals surface area contributed by atoms with Crippen molar-refractivity contribution in [2.75, 3.05) is 0 Å². The zero-order valence-electron chi connectivity index (χ0n) is 21.9. The molecule has 3 saturated carbocycles. The second-order valence-corrected chi connectivity index (χ2v) is 13.5. The van der Waals surface area contributed by atoms with E-state index in [-0.39, 0.29) is 22.6 Å². The van der Waals surface area contributed by atoms with E-state index in [2.05, 4.69) is 10.6 Å². The van der Waals surface area contributed by atoms with E-state index in [9.17, 15) is 19.8 Å². The summed E-state index contributed by atoms with van der Waals surface area (Å²) in [6.45, 7) is 12.2. The number of hydrogen-bond donors (Lipinski definition) is 4. The first-order chi connectivity index (χ1) is 15.1. The first kappa shape index (κ1) is 26.5. The van der Waals surface area contributed by atoms with Crippen LogP contribution >= 0.6 is 0 Å². The molecule has 0 saturated heterocycles. The third-order valence-electron chi connectivity index (χ3n) is 8.42.